The van der Waals surface area contributed by atoms with Gasteiger partial charge in [-0.05, 0) is 38.4 Å². The summed E-state index contributed by atoms with van der Waals surface area (Å²) >= 11 is 0. The molecule has 0 aromatic heterocycles. The number of hydrogen-bond acceptors (Lipinski definition) is 2. The number of benzene rings is 1. The van der Waals surface area contributed by atoms with Gasteiger partial charge in [-0.3, -0.25) is 4.79 Å². The quantitative estimate of drug-likeness (QED) is 0.779. The molecule has 104 valence electrons. The van der Waals surface area contributed by atoms with Crippen LogP contribution in [0.25, 0.3) is 0 Å². The average molecular weight is 267 g/mol. The number of carbonyl (C=O) groups is 1. The molecule has 1 heterocycles. The van der Waals surface area contributed by atoms with E-state index in [2.05, 4.69) is 11.8 Å². The highest BCUT2D eigenvalue weighted by molar-refractivity contribution is 5.96. The Morgan fingerprint density at radius 2 is 2.16 bits per heavy atom. The van der Waals surface area contributed by atoms with Gasteiger partial charge in [-0.15, -0.1) is 0 Å². The van der Waals surface area contributed by atoms with Crippen molar-refractivity contribution in [2.45, 2.75) is 38.6 Å². The molecule has 1 aromatic carbocycles. The van der Waals surface area contributed by atoms with Gasteiger partial charge in [0, 0.05) is 19.0 Å². The van der Waals surface area contributed by atoms with Gasteiger partial charge in [0.15, 0.2) is 17.4 Å². The molecule has 1 aliphatic rings. The van der Waals surface area contributed by atoms with E-state index in [1.807, 2.05) is 0 Å². The molecule has 0 saturated carbocycles. The van der Waals surface area contributed by atoms with E-state index in [4.69, 9.17) is 0 Å². The monoisotopic (exact) mass is 267 g/mol. The Balaban J connectivity index is 1.95. The maximum absolute atomic E-state index is 13.5. The molecular weight excluding hydrogens is 248 g/mol. The minimum atomic E-state index is -1.03. The molecule has 1 fully saturated rings. The van der Waals surface area contributed by atoms with Crippen LogP contribution in [-0.2, 0) is 0 Å². The number of rotatable bonds is 4. The Bertz CT molecular complexity index is 461. The maximum Gasteiger partial charge on any atom is 0.169 e. The van der Waals surface area contributed by atoms with Gasteiger partial charge >= 0.3 is 0 Å². The highest BCUT2D eigenvalue weighted by Crippen LogP contribution is 2.18. The lowest BCUT2D eigenvalue weighted by Gasteiger charge is -2.33. The molecule has 4 heteroatoms. The van der Waals surface area contributed by atoms with Crippen molar-refractivity contribution in [3.8, 4) is 0 Å². The fraction of sp³-hybridized carbons (Fsp3) is 0.533. The van der Waals surface area contributed by atoms with Crippen LogP contribution in [0.5, 0.6) is 0 Å². The highest BCUT2D eigenvalue weighted by Gasteiger charge is 2.20. The average Bonchev–Trinajstić information content (AvgIpc) is 2.40. The van der Waals surface area contributed by atoms with Crippen molar-refractivity contribution in [2.75, 3.05) is 13.1 Å². The van der Waals surface area contributed by atoms with Gasteiger partial charge in [0.2, 0.25) is 0 Å². The van der Waals surface area contributed by atoms with E-state index >= 15 is 0 Å². The van der Waals surface area contributed by atoms with Crippen LogP contribution < -0.4 is 0 Å². The van der Waals surface area contributed by atoms with E-state index in [1.165, 1.54) is 18.6 Å². The summed E-state index contributed by atoms with van der Waals surface area (Å²) in [5.41, 5.74) is -0.135. The highest BCUT2D eigenvalue weighted by atomic mass is 19.2. The number of piperidine rings is 1. The van der Waals surface area contributed by atoms with Gasteiger partial charge in [-0.2, -0.15) is 0 Å². The minimum Gasteiger partial charge on any atom is -0.300 e. The first-order valence-electron chi connectivity index (χ1n) is 6.81. The predicted molar refractivity (Wildman–Crippen MR) is 70.2 cm³/mol. The van der Waals surface area contributed by atoms with Crippen molar-refractivity contribution in [2.24, 2.45) is 0 Å². The van der Waals surface area contributed by atoms with Crippen LogP contribution in [0.15, 0.2) is 18.2 Å². The largest absolute Gasteiger partial charge is 0.300 e. The van der Waals surface area contributed by atoms with Gasteiger partial charge < -0.3 is 4.90 Å². The van der Waals surface area contributed by atoms with Gasteiger partial charge in [0.05, 0.1) is 5.56 Å². The lowest BCUT2D eigenvalue weighted by molar-refractivity contribution is 0.0931. The van der Waals surface area contributed by atoms with Crippen molar-refractivity contribution in [1.29, 1.82) is 0 Å². The topological polar surface area (TPSA) is 20.3 Å². The van der Waals surface area contributed by atoms with Gasteiger partial charge in [-0.1, -0.05) is 12.5 Å². The first-order chi connectivity index (χ1) is 9.09. The summed E-state index contributed by atoms with van der Waals surface area (Å²) in [5.74, 6) is -2.31. The van der Waals surface area contributed by atoms with Crippen molar-refractivity contribution < 1.29 is 13.6 Å². The molecule has 0 bridgehead atoms. The van der Waals surface area contributed by atoms with Crippen molar-refractivity contribution in [3.05, 3.63) is 35.4 Å². The number of halogens is 2. The van der Waals surface area contributed by atoms with E-state index in [1.54, 1.807) is 0 Å². The van der Waals surface area contributed by atoms with E-state index in [0.717, 1.165) is 25.5 Å². The standard InChI is InChI=1S/C15H19F2NO/c1-11-5-2-3-9-18(11)10-8-14(19)12-6-4-7-13(16)15(12)17/h4,6-7,11H,2-3,5,8-10H2,1H3. The zero-order chi connectivity index (χ0) is 13.8. The third kappa shape index (κ3) is 3.38. The molecule has 2 nitrogen and oxygen atoms in total. The van der Waals surface area contributed by atoms with E-state index in [-0.39, 0.29) is 17.8 Å². The Kier molecular flexibility index (Phi) is 4.64. The maximum atomic E-state index is 13.5. The summed E-state index contributed by atoms with van der Waals surface area (Å²) in [5, 5.41) is 0. The van der Waals surface area contributed by atoms with Crippen LogP contribution in [-0.4, -0.2) is 29.8 Å². The lowest BCUT2D eigenvalue weighted by atomic mass is 10.0. The SMILES string of the molecule is CC1CCCCN1CCC(=O)c1cccc(F)c1F. The molecule has 1 atom stereocenters. The third-order valence-corrected chi connectivity index (χ3v) is 3.82. The van der Waals surface area contributed by atoms with E-state index in [0.29, 0.717) is 12.6 Å². The summed E-state index contributed by atoms with van der Waals surface area (Å²) < 4.78 is 26.5. The van der Waals surface area contributed by atoms with E-state index in [9.17, 15) is 13.6 Å². The first kappa shape index (κ1) is 14.1. The summed E-state index contributed by atoms with van der Waals surface area (Å²) in [6.45, 7) is 3.75. The number of likely N-dealkylation sites (tertiary alicyclic amines) is 1. The number of nitrogens with zero attached hydrogens (tertiary/aromatic N) is 1. The zero-order valence-corrected chi connectivity index (χ0v) is 11.2. The number of Topliss-reactive ketones (excluding diaryl/α,β-unsaturated/α-hetero) is 1. The van der Waals surface area contributed by atoms with Crippen LogP contribution in [0.2, 0.25) is 0 Å². The Hall–Kier alpha value is -1.29. The van der Waals surface area contributed by atoms with E-state index < -0.39 is 11.6 Å². The van der Waals surface area contributed by atoms with Gasteiger partial charge in [0.25, 0.3) is 0 Å². The molecule has 0 spiro atoms. The summed E-state index contributed by atoms with van der Waals surface area (Å²) in [7, 11) is 0. The zero-order valence-electron chi connectivity index (χ0n) is 11.2. The molecule has 0 radical (unpaired) electrons. The molecule has 1 unspecified atom stereocenters. The fourth-order valence-electron chi connectivity index (χ4n) is 2.59. The van der Waals surface area contributed by atoms with Gasteiger partial charge in [-0.25, -0.2) is 8.78 Å². The van der Waals surface area contributed by atoms with Crippen molar-refractivity contribution in [3.63, 3.8) is 0 Å². The second kappa shape index (κ2) is 6.24. The smallest absolute Gasteiger partial charge is 0.169 e. The number of ketones is 1. The van der Waals surface area contributed by atoms with Gasteiger partial charge in [0.1, 0.15) is 0 Å². The van der Waals surface area contributed by atoms with Crippen LogP contribution in [0.3, 0.4) is 0 Å². The third-order valence-electron chi connectivity index (χ3n) is 3.82. The molecule has 0 amide bonds. The second-order valence-electron chi connectivity index (χ2n) is 5.16. The summed E-state index contributed by atoms with van der Waals surface area (Å²) in [6, 6.07) is 4.22. The van der Waals surface area contributed by atoms with Crippen LogP contribution in [0.4, 0.5) is 8.78 Å². The predicted octanol–water partition coefficient (Wildman–Crippen LogP) is 3.41. The summed E-state index contributed by atoms with van der Waals surface area (Å²) in [6.07, 6.45) is 3.75. The van der Waals surface area contributed by atoms with Crippen LogP contribution >= 0.6 is 0 Å². The Morgan fingerprint density at radius 3 is 2.89 bits per heavy atom. The normalized spacial score (nSPS) is 20.5. The molecule has 1 saturated heterocycles. The first-order valence-corrected chi connectivity index (χ1v) is 6.81. The molecule has 1 aromatic rings. The second-order valence-corrected chi connectivity index (χ2v) is 5.16. The molecule has 19 heavy (non-hydrogen) atoms. The van der Waals surface area contributed by atoms with Crippen LogP contribution in [0.1, 0.15) is 43.0 Å². The molecule has 0 N–H and O–H groups in total. The number of hydrogen-bond donors (Lipinski definition) is 0. The minimum absolute atomic E-state index is 0.135. The fourth-order valence-corrected chi connectivity index (χ4v) is 2.59. The number of carbonyl (C=O) groups excluding carboxylic acids is 1. The molecule has 2 rings (SSSR count). The van der Waals surface area contributed by atoms with Crippen molar-refractivity contribution >= 4 is 5.78 Å². The summed E-state index contributed by atoms with van der Waals surface area (Å²) in [4.78, 5) is 14.2. The van der Waals surface area contributed by atoms with Crippen LogP contribution in [0, 0.1) is 11.6 Å². The Morgan fingerprint density at radius 1 is 1.37 bits per heavy atom. The van der Waals surface area contributed by atoms with Crippen molar-refractivity contribution in [1.82, 2.24) is 4.90 Å². The molecular formula is C15H19F2NO. The lowest BCUT2D eigenvalue weighted by Crippen LogP contribution is -2.38. The molecule has 1 aliphatic heterocycles. The Labute approximate surface area is 112 Å². The molecule has 0 aliphatic carbocycles.